The minimum atomic E-state index is 0.362. The topological polar surface area (TPSA) is 32.3 Å². The Morgan fingerprint density at radius 1 is 1.28 bits per heavy atom. The van der Waals surface area contributed by atoms with Gasteiger partial charge in [-0.2, -0.15) is 0 Å². The molecule has 1 saturated heterocycles. The Kier molecular flexibility index (Phi) is 5.04. The average molecular weight is 252 g/mol. The van der Waals surface area contributed by atoms with Gasteiger partial charge in [-0.3, -0.25) is 4.79 Å². The summed E-state index contributed by atoms with van der Waals surface area (Å²) < 4.78 is 0. The van der Waals surface area contributed by atoms with Crippen molar-refractivity contribution in [2.75, 3.05) is 20.1 Å². The lowest BCUT2D eigenvalue weighted by atomic mass is 9.85. The van der Waals surface area contributed by atoms with Crippen LogP contribution in [0.1, 0.15) is 51.9 Å². The van der Waals surface area contributed by atoms with Crippen molar-refractivity contribution in [2.45, 2.75) is 57.9 Å². The molecular weight excluding hydrogens is 224 g/mol. The van der Waals surface area contributed by atoms with Crippen molar-refractivity contribution in [1.29, 1.82) is 0 Å². The predicted octanol–water partition coefficient (Wildman–Crippen LogP) is 2.41. The van der Waals surface area contributed by atoms with Crippen LogP contribution in [0, 0.1) is 11.8 Å². The number of rotatable bonds is 4. The first-order valence-electron chi connectivity index (χ1n) is 7.65. The highest BCUT2D eigenvalue weighted by molar-refractivity contribution is 5.76. The van der Waals surface area contributed by atoms with Crippen molar-refractivity contribution in [3.05, 3.63) is 0 Å². The summed E-state index contributed by atoms with van der Waals surface area (Å²) >= 11 is 0. The van der Waals surface area contributed by atoms with Crippen molar-refractivity contribution in [1.82, 2.24) is 10.2 Å². The van der Waals surface area contributed by atoms with Crippen LogP contribution in [0.15, 0.2) is 0 Å². The predicted molar refractivity (Wildman–Crippen MR) is 74.4 cm³/mol. The number of carbonyl (C=O) groups excluding carboxylic acids is 1. The van der Waals surface area contributed by atoms with E-state index >= 15 is 0 Å². The van der Waals surface area contributed by atoms with Crippen molar-refractivity contribution in [3.8, 4) is 0 Å². The molecule has 0 bridgehead atoms. The number of carbonyl (C=O) groups is 1. The third kappa shape index (κ3) is 3.47. The lowest BCUT2D eigenvalue weighted by molar-refractivity contribution is -0.133. The van der Waals surface area contributed by atoms with Gasteiger partial charge >= 0.3 is 0 Å². The standard InChI is InChI=1S/C15H28N2O/c1-12-5-3-4-6-14(12)17(2)15(18)8-7-13-9-10-16-11-13/h12-14,16H,3-11H2,1-2H3. The molecule has 0 aromatic carbocycles. The Morgan fingerprint density at radius 3 is 2.72 bits per heavy atom. The van der Waals surface area contributed by atoms with Crippen molar-refractivity contribution < 1.29 is 4.79 Å². The summed E-state index contributed by atoms with van der Waals surface area (Å²) in [6.07, 6.45) is 8.18. The molecule has 1 amide bonds. The number of amides is 1. The second kappa shape index (κ2) is 6.55. The molecule has 3 heteroatoms. The maximum Gasteiger partial charge on any atom is 0.222 e. The zero-order chi connectivity index (χ0) is 13.0. The van der Waals surface area contributed by atoms with Gasteiger partial charge < -0.3 is 10.2 Å². The Bertz CT molecular complexity index is 274. The van der Waals surface area contributed by atoms with E-state index in [0.29, 0.717) is 17.9 Å². The van der Waals surface area contributed by atoms with Gasteiger partial charge in [0.25, 0.3) is 0 Å². The molecule has 0 radical (unpaired) electrons. The summed E-state index contributed by atoms with van der Waals surface area (Å²) in [4.78, 5) is 14.3. The molecule has 3 nitrogen and oxygen atoms in total. The second-order valence-corrected chi connectivity index (χ2v) is 6.23. The molecule has 0 aromatic heterocycles. The van der Waals surface area contributed by atoms with Gasteiger partial charge in [0, 0.05) is 19.5 Å². The van der Waals surface area contributed by atoms with Gasteiger partial charge in [-0.05, 0) is 50.6 Å². The van der Waals surface area contributed by atoms with E-state index in [9.17, 15) is 4.79 Å². The van der Waals surface area contributed by atoms with Crippen molar-refractivity contribution >= 4 is 5.91 Å². The number of hydrogen-bond acceptors (Lipinski definition) is 2. The molecular formula is C15H28N2O. The van der Waals surface area contributed by atoms with Gasteiger partial charge in [0.2, 0.25) is 5.91 Å². The zero-order valence-electron chi connectivity index (χ0n) is 12.0. The molecule has 1 aliphatic carbocycles. The fourth-order valence-corrected chi connectivity index (χ4v) is 3.52. The first kappa shape index (κ1) is 13.9. The Morgan fingerprint density at radius 2 is 2.06 bits per heavy atom. The van der Waals surface area contributed by atoms with Crippen LogP contribution < -0.4 is 5.32 Å². The number of hydrogen-bond donors (Lipinski definition) is 1. The molecule has 3 atom stereocenters. The van der Waals surface area contributed by atoms with E-state index in [1.165, 1.54) is 32.1 Å². The highest BCUT2D eigenvalue weighted by Gasteiger charge is 2.28. The number of nitrogens with one attached hydrogen (secondary N) is 1. The summed E-state index contributed by atoms with van der Waals surface area (Å²) in [6, 6.07) is 0.493. The summed E-state index contributed by atoms with van der Waals surface area (Å²) in [5, 5.41) is 3.37. The summed E-state index contributed by atoms with van der Waals surface area (Å²) in [6.45, 7) is 4.54. The van der Waals surface area contributed by atoms with E-state index in [2.05, 4.69) is 12.2 Å². The Labute approximate surface area is 111 Å². The van der Waals surface area contributed by atoms with E-state index in [4.69, 9.17) is 0 Å². The normalized spacial score (nSPS) is 32.4. The minimum absolute atomic E-state index is 0.362. The lowest BCUT2D eigenvalue weighted by Gasteiger charge is -2.36. The van der Waals surface area contributed by atoms with E-state index in [1.807, 2.05) is 11.9 Å². The van der Waals surface area contributed by atoms with Gasteiger partial charge in [-0.15, -0.1) is 0 Å². The SMILES string of the molecule is CC1CCCCC1N(C)C(=O)CCC1CCNC1. The third-order valence-electron chi connectivity index (χ3n) is 4.89. The van der Waals surface area contributed by atoms with Gasteiger partial charge in [0.05, 0.1) is 0 Å². The van der Waals surface area contributed by atoms with E-state index in [1.54, 1.807) is 0 Å². The fourth-order valence-electron chi connectivity index (χ4n) is 3.52. The number of nitrogens with zero attached hydrogens (tertiary/aromatic N) is 1. The molecule has 1 N–H and O–H groups in total. The first-order chi connectivity index (χ1) is 8.68. The van der Waals surface area contributed by atoms with Gasteiger partial charge in [-0.1, -0.05) is 19.8 Å². The van der Waals surface area contributed by atoms with Crippen LogP contribution in [-0.2, 0) is 4.79 Å². The molecule has 2 aliphatic rings. The zero-order valence-corrected chi connectivity index (χ0v) is 12.0. The average Bonchev–Trinajstić information content (AvgIpc) is 2.89. The van der Waals surface area contributed by atoms with Crippen LogP contribution in [0.5, 0.6) is 0 Å². The van der Waals surface area contributed by atoms with Gasteiger partial charge in [0.1, 0.15) is 0 Å². The Hall–Kier alpha value is -0.570. The smallest absolute Gasteiger partial charge is 0.222 e. The summed E-state index contributed by atoms with van der Waals surface area (Å²) in [7, 11) is 2.02. The molecule has 1 aliphatic heterocycles. The van der Waals surface area contributed by atoms with Crippen LogP contribution in [0.2, 0.25) is 0 Å². The first-order valence-corrected chi connectivity index (χ1v) is 7.65. The molecule has 18 heavy (non-hydrogen) atoms. The van der Waals surface area contributed by atoms with E-state index in [0.717, 1.165) is 31.8 Å². The molecule has 0 aromatic rings. The van der Waals surface area contributed by atoms with Crippen LogP contribution in [0.25, 0.3) is 0 Å². The van der Waals surface area contributed by atoms with E-state index < -0.39 is 0 Å². The molecule has 3 unspecified atom stereocenters. The van der Waals surface area contributed by atoms with Crippen LogP contribution >= 0.6 is 0 Å². The fraction of sp³-hybridized carbons (Fsp3) is 0.933. The van der Waals surface area contributed by atoms with Crippen LogP contribution in [0.3, 0.4) is 0 Å². The Balaban J connectivity index is 1.76. The molecule has 104 valence electrons. The largest absolute Gasteiger partial charge is 0.343 e. The summed E-state index contributed by atoms with van der Waals surface area (Å²) in [5.41, 5.74) is 0. The molecule has 1 saturated carbocycles. The summed E-state index contributed by atoms with van der Waals surface area (Å²) in [5.74, 6) is 1.77. The molecule has 1 heterocycles. The third-order valence-corrected chi connectivity index (χ3v) is 4.89. The van der Waals surface area contributed by atoms with Crippen LogP contribution in [-0.4, -0.2) is 37.0 Å². The second-order valence-electron chi connectivity index (χ2n) is 6.23. The van der Waals surface area contributed by atoms with Crippen molar-refractivity contribution in [2.24, 2.45) is 11.8 Å². The maximum atomic E-state index is 12.3. The highest BCUT2D eigenvalue weighted by atomic mass is 16.2. The van der Waals surface area contributed by atoms with E-state index in [-0.39, 0.29) is 0 Å². The lowest BCUT2D eigenvalue weighted by Crippen LogP contribution is -2.42. The van der Waals surface area contributed by atoms with Crippen molar-refractivity contribution in [3.63, 3.8) is 0 Å². The quantitative estimate of drug-likeness (QED) is 0.833. The maximum absolute atomic E-state index is 12.3. The van der Waals surface area contributed by atoms with Crippen LogP contribution in [0.4, 0.5) is 0 Å². The molecule has 2 rings (SSSR count). The minimum Gasteiger partial charge on any atom is -0.343 e. The van der Waals surface area contributed by atoms with Gasteiger partial charge in [-0.25, -0.2) is 0 Å². The highest BCUT2D eigenvalue weighted by Crippen LogP contribution is 2.28. The molecule has 2 fully saturated rings. The monoisotopic (exact) mass is 252 g/mol. The van der Waals surface area contributed by atoms with Gasteiger partial charge in [0.15, 0.2) is 0 Å². The molecule has 0 spiro atoms.